The second-order valence-corrected chi connectivity index (χ2v) is 5.13. The Morgan fingerprint density at radius 2 is 2.32 bits per heavy atom. The number of hydrogen-bond acceptors (Lipinski definition) is 4. The molecule has 1 atom stereocenters. The number of anilines is 1. The third-order valence-corrected chi connectivity index (χ3v) is 3.55. The summed E-state index contributed by atoms with van der Waals surface area (Å²) in [4.78, 5) is 20.4. The van der Waals surface area contributed by atoms with E-state index in [4.69, 9.17) is 0 Å². The van der Waals surface area contributed by atoms with Gasteiger partial charge in [0, 0.05) is 32.4 Å². The first-order chi connectivity index (χ1) is 9.13. The predicted molar refractivity (Wildman–Crippen MR) is 74.3 cm³/mol. The normalized spacial score (nSPS) is 19.3. The van der Waals surface area contributed by atoms with Crippen LogP contribution in [0.4, 0.5) is 5.82 Å². The minimum absolute atomic E-state index is 0.00995. The van der Waals surface area contributed by atoms with Gasteiger partial charge >= 0.3 is 0 Å². The van der Waals surface area contributed by atoms with E-state index < -0.39 is 0 Å². The number of rotatable bonds is 3. The first-order valence-electron chi connectivity index (χ1n) is 6.68. The third kappa shape index (κ3) is 3.04. The Morgan fingerprint density at radius 3 is 3.00 bits per heavy atom. The standard InChI is InChI=1S/C14H21N3O2/c1-16(2)13-9-11(6-7-15-13)14(19)17-8-4-3-5-12(17)10-18/h6-7,9,12,18H,3-5,8,10H2,1-2H3. The Hall–Kier alpha value is -1.62. The van der Waals surface area contributed by atoms with E-state index in [0.29, 0.717) is 5.56 Å². The maximum Gasteiger partial charge on any atom is 0.254 e. The predicted octanol–water partition coefficient (Wildman–Crippen LogP) is 1.13. The number of pyridine rings is 1. The zero-order valence-electron chi connectivity index (χ0n) is 11.5. The molecule has 0 saturated carbocycles. The summed E-state index contributed by atoms with van der Waals surface area (Å²) in [6, 6.07) is 3.49. The fourth-order valence-electron chi connectivity index (χ4n) is 2.42. The molecule has 1 saturated heterocycles. The van der Waals surface area contributed by atoms with Crippen LogP contribution in [0.2, 0.25) is 0 Å². The molecule has 0 aromatic carbocycles. The van der Waals surface area contributed by atoms with Crippen LogP contribution in [0, 0.1) is 0 Å². The highest BCUT2D eigenvalue weighted by molar-refractivity contribution is 5.95. The summed E-state index contributed by atoms with van der Waals surface area (Å²) in [6.45, 7) is 0.765. The van der Waals surface area contributed by atoms with Gasteiger partial charge in [0.2, 0.25) is 0 Å². The Kier molecular flexibility index (Phi) is 4.37. The summed E-state index contributed by atoms with van der Waals surface area (Å²) in [6.07, 6.45) is 4.62. The SMILES string of the molecule is CN(C)c1cc(C(=O)N2CCCCC2CO)ccn1. The van der Waals surface area contributed by atoms with Gasteiger partial charge in [-0.3, -0.25) is 4.79 Å². The molecule has 19 heavy (non-hydrogen) atoms. The molecule has 1 fully saturated rings. The van der Waals surface area contributed by atoms with Crippen LogP contribution in [-0.2, 0) is 0 Å². The first-order valence-corrected chi connectivity index (χ1v) is 6.68. The number of piperidine rings is 1. The lowest BCUT2D eigenvalue weighted by Crippen LogP contribution is -2.45. The van der Waals surface area contributed by atoms with Gasteiger partial charge < -0.3 is 14.9 Å². The minimum Gasteiger partial charge on any atom is -0.394 e. The van der Waals surface area contributed by atoms with E-state index in [1.54, 1.807) is 23.2 Å². The van der Waals surface area contributed by atoms with Gasteiger partial charge in [-0.1, -0.05) is 0 Å². The van der Waals surface area contributed by atoms with Crippen LogP contribution in [0.15, 0.2) is 18.3 Å². The molecule has 0 radical (unpaired) electrons. The lowest BCUT2D eigenvalue weighted by molar-refractivity contribution is 0.0503. The number of likely N-dealkylation sites (tertiary alicyclic amines) is 1. The summed E-state index contributed by atoms with van der Waals surface area (Å²) < 4.78 is 0. The lowest BCUT2D eigenvalue weighted by Gasteiger charge is -2.34. The van der Waals surface area contributed by atoms with E-state index in [1.807, 2.05) is 19.0 Å². The highest BCUT2D eigenvalue weighted by Gasteiger charge is 2.27. The molecule has 5 nitrogen and oxygen atoms in total. The Morgan fingerprint density at radius 1 is 1.53 bits per heavy atom. The molecule has 1 aromatic heterocycles. The first kappa shape index (κ1) is 13.8. The monoisotopic (exact) mass is 263 g/mol. The summed E-state index contributed by atoms with van der Waals surface area (Å²) in [5, 5.41) is 9.39. The molecule has 1 aromatic rings. The van der Waals surface area contributed by atoms with Gasteiger partial charge in [0.15, 0.2) is 0 Å². The molecule has 1 aliphatic rings. The second kappa shape index (κ2) is 6.02. The lowest BCUT2D eigenvalue weighted by atomic mass is 10.0. The van der Waals surface area contributed by atoms with Gasteiger partial charge in [-0.25, -0.2) is 4.98 Å². The van der Waals surface area contributed by atoms with Gasteiger partial charge in [0.05, 0.1) is 12.6 Å². The van der Waals surface area contributed by atoms with E-state index >= 15 is 0 Å². The molecule has 2 rings (SSSR count). The molecule has 0 spiro atoms. The van der Waals surface area contributed by atoms with Crippen molar-refractivity contribution in [1.29, 1.82) is 0 Å². The molecule has 1 amide bonds. The average molecular weight is 263 g/mol. The molecule has 2 heterocycles. The number of amides is 1. The van der Waals surface area contributed by atoms with Gasteiger partial charge in [-0.05, 0) is 31.4 Å². The van der Waals surface area contributed by atoms with Crippen molar-refractivity contribution in [3.8, 4) is 0 Å². The van der Waals surface area contributed by atoms with Crippen molar-refractivity contribution in [2.45, 2.75) is 25.3 Å². The van der Waals surface area contributed by atoms with Gasteiger partial charge in [-0.2, -0.15) is 0 Å². The van der Waals surface area contributed by atoms with Crippen molar-refractivity contribution in [2.24, 2.45) is 0 Å². The molecule has 0 aliphatic carbocycles. The summed E-state index contributed by atoms with van der Waals surface area (Å²) >= 11 is 0. The second-order valence-electron chi connectivity index (χ2n) is 5.13. The zero-order chi connectivity index (χ0) is 13.8. The quantitative estimate of drug-likeness (QED) is 0.888. The van der Waals surface area contributed by atoms with E-state index in [0.717, 1.165) is 31.6 Å². The van der Waals surface area contributed by atoms with Crippen molar-refractivity contribution in [3.63, 3.8) is 0 Å². The molecule has 1 N–H and O–H groups in total. The molecular weight excluding hydrogens is 242 g/mol. The van der Waals surface area contributed by atoms with Gasteiger partial charge in [0.25, 0.3) is 5.91 Å². The molecule has 1 unspecified atom stereocenters. The minimum atomic E-state index is -0.0442. The Labute approximate surface area is 113 Å². The smallest absolute Gasteiger partial charge is 0.254 e. The van der Waals surface area contributed by atoms with Crippen LogP contribution in [-0.4, -0.2) is 54.2 Å². The van der Waals surface area contributed by atoms with E-state index in [9.17, 15) is 9.90 Å². The van der Waals surface area contributed by atoms with Crippen molar-refractivity contribution < 1.29 is 9.90 Å². The van der Waals surface area contributed by atoms with Crippen LogP contribution in [0.5, 0.6) is 0 Å². The van der Waals surface area contributed by atoms with Crippen molar-refractivity contribution >= 4 is 11.7 Å². The van der Waals surface area contributed by atoms with Gasteiger partial charge in [0.1, 0.15) is 5.82 Å². The van der Waals surface area contributed by atoms with E-state index in [1.165, 1.54) is 0 Å². The number of aromatic nitrogens is 1. The maximum absolute atomic E-state index is 12.5. The fourth-order valence-corrected chi connectivity index (χ4v) is 2.42. The Bertz CT molecular complexity index is 448. The van der Waals surface area contributed by atoms with Crippen LogP contribution >= 0.6 is 0 Å². The van der Waals surface area contributed by atoms with E-state index in [-0.39, 0.29) is 18.6 Å². The number of aliphatic hydroxyl groups excluding tert-OH is 1. The molecule has 104 valence electrons. The largest absolute Gasteiger partial charge is 0.394 e. The molecule has 0 bridgehead atoms. The number of nitrogens with zero attached hydrogens (tertiary/aromatic N) is 3. The Balaban J connectivity index is 2.20. The average Bonchev–Trinajstić information content (AvgIpc) is 2.46. The van der Waals surface area contributed by atoms with E-state index in [2.05, 4.69) is 4.98 Å². The van der Waals surface area contributed by atoms with Crippen LogP contribution in [0.1, 0.15) is 29.6 Å². The maximum atomic E-state index is 12.5. The highest BCUT2D eigenvalue weighted by Crippen LogP contribution is 2.20. The summed E-state index contributed by atoms with van der Waals surface area (Å²) in [5.74, 6) is 0.757. The highest BCUT2D eigenvalue weighted by atomic mass is 16.3. The van der Waals surface area contributed by atoms with Crippen molar-refractivity contribution in [3.05, 3.63) is 23.9 Å². The summed E-state index contributed by atoms with van der Waals surface area (Å²) in [5.41, 5.74) is 0.638. The van der Waals surface area contributed by atoms with Crippen molar-refractivity contribution in [1.82, 2.24) is 9.88 Å². The van der Waals surface area contributed by atoms with Crippen LogP contribution in [0.25, 0.3) is 0 Å². The number of carbonyl (C=O) groups excluding carboxylic acids is 1. The van der Waals surface area contributed by atoms with Crippen LogP contribution < -0.4 is 4.90 Å². The fraction of sp³-hybridized carbons (Fsp3) is 0.571. The number of hydrogen-bond donors (Lipinski definition) is 1. The molecule has 1 aliphatic heterocycles. The van der Waals surface area contributed by atoms with Gasteiger partial charge in [-0.15, -0.1) is 0 Å². The zero-order valence-corrected chi connectivity index (χ0v) is 11.5. The molecule has 5 heteroatoms. The molecular formula is C14H21N3O2. The van der Waals surface area contributed by atoms with Crippen molar-refractivity contribution in [2.75, 3.05) is 32.1 Å². The van der Waals surface area contributed by atoms with Crippen LogP contribution in [0.3, 0.4) is 0 Å². The number of carbonyl (C=O) groups is 1. The third-order valence-electron chi connectivity index (χ3n) is 3.55. The topological polar surface area (TPSA) is 56.7 Å². The number of aliphatic hydroxyl groups is 1. The summed E-state index contributed by atoms with van der Waals surface area (Å²) in [7, 11) is 3.79.